The molecule has 0 aromatic carbocycles. The quantitative estimate of drug-likeness (QED) is 0.826. The summed E-state index contributed by atoms with van der Waals surface area (Å²) in [6.07, 6.45) is 0.704. The van der Waals surface area contributed by atoms with Crippen LogP contribution in [0.25, 0.3) is 0 Å². The van der Waals surface area contributed by atoms with Gasteiger partial charge in [0, 0.05) is 44.1 Å². The molecule has 2 aliphatic heterocycles. The van der Waals surface area contributed by atoms with Crippen LogP contribution in [0, 0.1) is 0 Å². The number of likely N-dealkylation sites (tertiary alicyclic amines) is 2. The first-order valence-electron chi connectivity index (χ1n) is 7.90. The Bertz CT molecular complexity index is 509. The number of alkyl halides is 1. The van der Waals surface area contributed by atoms with E-state index in [1.807, 2.05) is 20.2 Å². The van der Waals surface area contributed by atoms with E-state index in [-0.39, 0.29) is 18.0 Å². The second-order valence-electron chi connectivity index (χ2n) is 6.50. The van der Waals surface area contributed by atoms with Gasteiger partial charge in [-0.05, 0) is 31.3 Å². The zero-order valence-corrected chi connectivity index (χ0v) is 14.1. The first-order valence-corrected chi connectivity index (χ1v) is 8.78. The van der Waals surface area contributed by atoms with Crippen molar-refractivity contribution in [2.24, 2.45) is 0 Å². The topological polar surface area (TPSA) is 26.8 Å². The van der Waals surface area contributed by atoms with Gasteiger partial charge in [0.05, 0.1) is 6.04 Å². The summed E-state index contributed by atoms with van der Waals surface area (Å²) in [5.41, 5.74) is 0. The lowest BCUT2D eigenvalue weighted by atomic mass is 10.1. The van der Waals surface area contributed by atoms with Crippen molar-refractivity contribution in [1.29, 1.82) is 0 Å². The minimum Gasteiger partial charge on any atom is -0.344 e. The monoisotopic (exact) mass is 325 g/mol. The van der Waals surface area contributed by atoms with Gasteiger partial charge in [0.25, 0.3) is 0 Å². The lowest BCUT2D eigenvalue weighted by Crippen LogP contribution is -2.45. The van der Waals surface area contributed by atoms with Crippen molar-refractivity contribution in [3.8, 4) is 0 Å². The number of likely N-dealkylation sites (N-methyl/N-ethyl adjacent to an activating group) is 2. The van der Waals surface area contributed by atoms with Gasteiger partial charge >= 0.3 is 0 Å². The molecule has 3 atom stereocenters. The fourth-order valence-corrected chi connectivity index (χ4v) is 4.31. The average molecular weight is 325 g/mol. The van der Waals surface area contributed by atoms with E-state index >= 15 is 0 Å². The molecule has 0 spiro atoms. The van der Waals surface area contributed by atoms with E-state index in [4.69, 9.17) is 0 Å². The molecule has 0 bridgehead atoms. The molecule has 4 nitrogen and oxygen atoms in total. The molecule has 1 aromatic heterocycles. The third kappa shape index (κ3) is 3.34. The summed E-state index contributed by atoms with van der Waals surface area (Å²) in [5.74, 6) is 0.196. The highest BCUT2D eigenvalue weighted by Gasteiger charge is 2.37. The maximum Gasteiger partial charge on any atom is 0.239 e. The predicted octanol–water partition coefficient (Wildman–Crippen LogP) is 1.82. The summed E-state index contributed by atoms with van der Waals surface area (Å²) >= 11 is 1.72. The van der Waals surface area contributed by atoms with Crippen LogP contribution >= 0.6 is 11.3 Å². The number of nitrogens with zero attached hydrogens (tertiary/aromatic N) is 3. The maximum absolute atomic E-state index is 13.9. The fraction of sp³-hybridized carbons (Fsp3) is 0.688. The van der Waals surface area contributed by atoms with Gasteiger partial charge in [-0.2, -0.15) is 0 Å². The Labute approximate surface area is 135 Å². The van der Waals surface area contributed by atoms with Gasteiger partial charge in [-0.25, -0.2) is 4.39 Å². The van der Waals surface area contributed by atoms with Crippen molar-refractivity contribution >= 4 is 17.2 Å². The molecule has 1 unspecified atom stereocenters. The fourth-order valence-electron chi connectivity index (χ4n) is 3.58. The molecule has 22 heavy (non-hydrogen) atoms. The standard InChI is InChI=1S/C16H24FN3OS/c1-18-6-5-15(16(18)21)19(2)10-13-8-12(17)9-20(13)11-14-4-3-7-22-14/h3-4,7,12-13,15H,5-6,8-11H2,1-2H3/t12-,13-,15?/m0/s1. The van der Waals surface area contributed by atoms with E-state index in [0.717, 1.165) is 26.1 Å². The van der Waals surface area contributed by atoms with E-state index < -0.39 is 6.17 Å². The third-order valence-electron chi connectivity index (χ3n) is 4.85. The summed E-state index contributed by atoms with van der Waals surface area (Å²) < 4.78 is 13.9. The number of halogens is 1. The lowest BCUT2D eigenvalue weighted by Gasteiger charge is -2.30. The second kappa shape index (κ2) is 6.64. The third-order valence-corrected chi connectivity index (χ3v) is 5.71. The number of carbonyl (C=O) groups excluding carboxylic acids is 1. The van der Waals surface area contributed by atoms with Crippen LogP contribution in [0.3, 0.4) is 0 Å². The molecular weight excluding hydrogens is 301 g/mol. The van der Waals surface area contributed by atoms with Crippen molar-refractivity contribution in [3.05, 3.63) is 22.4 Å². The van der Waals surface area contributed by atoms with E-state index in [0.29, 0.717) is 13.0 Å². The molecule has 3 rings (SSSR count). The van der Waals surface area contributed by atoms with Gasteiger partial charge in [-0.3, -0.25) is 14.6 Å². The van der Waals surface area contributed by atoms with Crippen LogP contribution in [0.15, 0.2) is 17.5 Å². The van der Waals surface area contributed by atoms with Gasteiger partial charge in [0.15, 0.2) is 0 Å². The molecule has 0 N–H and O–H groups in total. The molecule has 1 aromatic rings. The van der Waals surface area contributed by atoms with Gasteiger partial charge in [0.2, 0.25) is 5.91 Å². The van der Waals surface area contributed by atoms with Crippen LogP contribution in [0.1, 0.15) is 17.7 Å². The molecule has 0 saturated carbocycles. The normalized spacial score (nSPS) is 29.9. The molecule has 2 aliphatic rings. The summed E-state index contributed by atoms with van der Waals surface area (Å²) in [7, 11) is 3.85. The van der Waals surface area contributed by atoms with Crippen molar-refractivity contribution in [1.82, 2.24) is 14.7 Å². The zero-order valence-electron chi connectivity index (χ0n) is 13.2. The smallest absolute Gasteiger partial charge is 0.239 e. The van der Waals surface area contributed by atoms with Crippen molar-refractivity contribution < 1.29 is 9.18 Å². The van der Waals surface area contributed by atoms with Gasteiger partial charge < -0.3 is 4.90 Å². The number of carbonyl (C=O) groups is 1. The molecule has 122 valence electrons. The molecule has 6 heteroatoms. The Hall–Kier alpha value is -0.980. The minimum absolute atomic E-state index is 0.0350. The highest BCUT2D eigenvalue weighted by molar-refractivity contribution is 7.09. The van der Waals surface area contributed by atoms with Crippen LogP contribution < -0.4 is 0 Å². The Kier molecular flexibility index (Phi) is 4.80. The summed E-state index contributed by atoms with van der Waals surface area (Å²) in [6.45, 7) is 2.91. The van der Waals surface area contributed by atoms with E-state index in [2.05, 4.69) is 21.2 Å². The first-order chi connectivity index (χ1) is 10.5. The molecule has 1 amide bonds. The van der Waals surface area contributed by atoms with Gasteiger partial charge in [0.1, 0.15) is 6.17 Å². The molecule has 2 fully saturated rings. The Balaban J connectivity index is 1.61. The second-order valence-corrected chi connectivity index (χ2v) is 7.53. The van der Waals surface area contributed by atoms with Crippen LogP contribution in [-0.4, -0.2) is 72.6 Å². The molecule has 0 aliphatic carbocycles. The Morgan fingerprint density at radius 1 is 1.50 bits per heavy atom. The molecule has 3 heterocycles. The SMILES string of the molecule is CN1CCC(N(C)C[C@@H]2C[C@H](F)CN2Cc2cccs2)C1=O. The van der Waals surface area contributed by atoms with Crippen LogP contribution in [-0.2, 0) is 11.3 Å². The lowest BCUT2D eigenvalue weighted by molar-refractivity contribution is -0.130. The summed E-state index contributed by atoms with van der Waals surface area (Å²) in [4.78, 5) is 19.5. The largest absolute Gasteiger partial charge is 0.344 e. The van der Waals surface area contributed by atoms with Crippen LogP contribution in [0.5, 0.6) is 0 Å². The number of hydrogen-bond acceptors (Lipinski definition) is 4. The van der Waals surface area contributed by atoms with Gasteiger partial charge in [-0.1, -0.05) is 6.07 Å². The van der Waals surface area contributed by atoms with Crippen molar-refractivity contribution in [3.63, 3.8) is 0 Å². The highest BCUT2D eigenvalue weighted by Crippen LogP contribution is 2.26. The number of hydrogen-bond donors (Lipinski definition) is 0. The van der Waals surface area contributed by atoms with Crippen molar-refractivity contribution in [2.75, 3.05) is 33.7 Å². The Morgan fingerprint density at radius 3 is 2.95 bits per heavy atom. The maximum atomic E-state index is 13.9. The molecule has 0 radical (unpaired) electrons. The van der Waals surface area contributed by atoms with Gasteiger partial charge in [-0.15, -0.1) is 11.3 Å². The average Bonchev–Trinajstić information content (AvgIpc) is 3.16. The number of rotatable bonds is 5. The molecular formula is C16H24FN3OS. The van der Waals surface area contributed by atoms with Crippen molar-refractivity contribution in [2.45, 2.75) is 37.6 Å². The van der Waals surface area contributed by atoms with E-state index in [1.165, 1.54) is 4.88 Å². The Morgan fingerprint density at radius 2 is 2.32 bits per heavy atom. The van der Waals surface area contributed by atoms with E-state index in [1.54, 1.807) is 16.2 Å². The molecule has 2 saturated heterocycles. The number of amides is 1. The predicted molar refractivity (Wildman–Crippen MR) is 86.7 cm³/mol. The minimum atomic E-state index is -0.750. The first kappa shape index (κ1) is 15.9. The highest BCUT2D eigenvalue weighted by atomic mass is 32.1. The summed E-state index contributed by atoms with van der Waals surface area (Å²) in [6, 6.07) is 4.30. The summed E-state index contributed by atoms with van der Waals surface area (Å²) in [5, 5.41) is 2.06. The van der Waals surface area contributed by atoms with E-state index in [9.17, 15) is 9.18 Å². The zero-order chi connectivity index (χ0) is 15.7. The number of thiophene rings is 1. The van der Waals surface area contributed by atoms with Crippen LogP contribution in [0.2, 0.25) is 0 Å². The van der Waals surface area contributed by atoms with Crippen LogP contribution in [0.4, 0.5) is 4.39 Å².